The number of allylic oxidation sites excluding steroid dienone is 1. The first-order valence-corrected chi connectivity index (χ1v) is 15.1. The highest BCUT2D eigenvalue weighted by molar-refractivity contribution is 5.98. The highest BCUT2D eigenvalue weighted by Gasteiger charge is 2.31. The van der Waals surface area contributed by atoms with Crippen LogP contribution in [0.2, 0.25) is 0 Å². The van der Waals surface area contributed by atoms with Crippen LogP contribution in [0, 0.1) is 0 Å². The Morgan fingerprint density at radius 1 is 1.11 bits per heavy atom. The molecule has 0 spiro atoms. The number of phenolic OH excluding ortho intramolecular Hbond substituents is 2. The van der Waals surface area contributed by atoms with E-state index >= 15 is 0 Å². The van der Waals surface area contributed by atoms with Crippen LogP contribution in [0.25, 0.3) is 6.08 Å². The lowest BCUT2D eigenvalue weighted by Gasteiger charge is -2.23. The van der Waals surface area contributed by atoms with Gasteiger partial charge < -0.3 is 25.0 Å². The topological polar surface area (TPSA) is 135 Å². The van der Waals surface area contributed by atoms with Gasteiger partial charge in [0.15, 0.2) is 0 Å². The van der Waals surface area contributed by atoms with Crippen LogP contribution in [-0.2, 0) is 20.7 Å². The number of ether oxygens (including phenoxy) is 2. The Morgan fingerprint density at radius 2 is 1.89 bits per heavy atom. The zero-order valence-electron chi connectivity index (χ0n) is 25.3. The van der Waals surface area contributed by atoms with Crippen LogP contribution < -0.4 is 10.1 Å². The maximum atomic E-state index is 13.5. The number of hydrogen-bond donors (Lipinski definition) is 3. The molecule has 0 bridgehead atoms. The average Bonchev–Trinajstić information content (AvgIpc) is 3.00. The number of rotatable bonds is 8. The normalized spacial score (nSPS) is 16.7. The molecule has 1 aromatic heterocycles. The highest BCUT2D eigenvalue weighted by Crippen LogP contribution is 2.44. The lowest BCUT2D eigenvalue weighted by Crippen LogP contribution is -2.27. The Hall–Kier alpha value is -4.66. The molecule has 44 heavy (non-hydrogen) atoms. The molecule has 9 heteroatoms. The monoisotopic (exact) mass is 600 g/mol. The first-order valence-electron chi connectivity index (χ1n) is 15.1. The molecule has 0 saturated carbocycles. The van der Waals surface area contributed by atoms with E-state index in [0.29, 0.717) is 62.8 Å². The van der Waals surface area contributed by atoms with Gasteiger partial charge in [-0.05, 0) is 74.1 Å². The molecular formula is C35H40N2O7. The van der Waals surface area contributed by atoms with Gasteiger partial charge in [-0.3, -0.25) is 14.6 Å². The lowest BCUT2D eigenvalue weighted by atomic mass is 9.84. The molecule has 2 aromatic carbocycles. The minimum Gasteiger partial charge on any atom is -0.507 e. The van der Waals surface area contributed by atoms with Gasteiger partial charge in [0.2, 0.25) is 5.91 Å². The number of fused-ring (bicyclic) bond motifs is 1. The maximum Gasteiger partial charge on any atom is 0.342 e. The summed E-state index contributed by atoms with van der Waals surface area (Å²) in [6.45, 7) is 2.10. The van der Waals surface area contributed by atoms with Crippen molar-refractivity contribution in [1.29, 1.82) is 0 Å². The average molecular weight is 601 g/mol. The van der Waals surface area contributed by atoms with Gasteiger partial charge in [-0.25, -0.2) is 4.79 Å². The van der Waals surface area contributed by atoms with Gasteiger partial charge in [0.1, 0.15) is 28.6 Å². The first kappa shape index (κ1) is 32.3. The smallest absolute Gasteiger partial charge is 0.342 e. The van der Waals surface area contributed by atoms with E-state index in [1.807, 2.05) is 24.3 Å². The second kappa shape index (κ2) is 15.7. The number of hydrogen-bond acceptors (Lipinski definition) is 8. The maximum absolute atomic E-state index is 13.5. The number of benzene rings is 2. The minimum absolute atomic E-state index is 0.0542. The number of phenols is 2. The van der Waals surface area contributed by atoms with Crippen molar-refractivity contribution in [2.24, 2.45) is 0 Å². The number of pyridine rings is 1. The molecule has 232 valence electrons. The third-order valence-corrected chi connectivity index (χ3v) is 7.74. The third-order valence-electron chi connectivity index (χ3n) is 7.74. The Labute approximate surface area is 257 Å². The molecule has 9 nitrogen and oxygen atoms in total. The fraction of sp³-hybridized carbons (Fsp3) is 0.371. The molecule has 4 rings (SSSR count). The molecule has 1 unspecified atom stereocenters. The van der Waals surface area contributed by atoms with Crippen molar-refractivity contribution in [1.82, 2.24) is 10.3 Å². The third kappa shape index (κ3) is 8.69. The predicted octanol–water partition coefficient (Wildman–Crippen LogP) is 5.86. The van der Waals surface area contributed by atoms with Crippen LogP contribution in [0.5, 0.6) is 17.2 Å². The van der Waals surface area contributed by atoms with E-state index in [4.69, 9.17) is 9.47 Å². The van der Waals surface area contributed by atoms with E-state index in [1.54, 1.807) is 50.6 Å². The van der Waals surface area contributed by atoms with Crippen LogP contribution in [0.3, 0.4) is 0 Å². The number of aromatic nitrogens is 1. The number of Topliss-reactive ketones (excluding diaryl/α,β-unsaturated/α-hetero) is 1. The first-order chi connectivity index (χ1) is 21.3. The summed E-state index contributed by atoms with van der Waals surface area (Å²) in [5, 5.41) is 25.9. The summed E-state index contributed by atoms with van der Waals surface area (Å²) < 4.78 is 11.0. The fourth-order valence-corrected chi connectivity index (χ4v) is 5.38. The van der Waals surface area contributed by atoms with E-state index in [2.05, 4.69) is 10.3 Å². The van der Waals surface area contributed by atoms with Crippen molar-refractivity contribution in [2.45, 2.75) is 70.3 Å². The molecular weight excluding hydrogens is 560 g/mol. The molecule has 0 saturated heterocycles. The van der Waals surface area contributed by atoms with Crippen molar-refractivity contribution < 1.29 is 34.1 Å². The number of cyclic esters (lactones) is 1. The Kier molecular flexibility index (Phi) is 11.5. The largest absolute Gasteiger partial charge is 0.507 e. The Morgan fingerprint density at radius 3 is 2.61 bits per heavy atom. The predicted molar refractivity (Wildman–Crippen MR) is 167 cm³/mol. The second-order valence-electron chi connectivity index (χ2n) is 11.0. The molecule has 1 aliphatic rings. The summed E-state index contributed by atoms with van der Waals surface area (Å²) in [5.41, 5.74) is 1.74. The van der Waals surface area contributed by atoms with E-state index < -0.39 is 23.7 Å². The number of nitrogens with one attached hydrogen (secondary N) is 1. The van der Waals surface area contributed by atoms with Crippen molar-refractivity contribution >= 4 is 23.7 Å². The number of nitrogens with zero attached hydrogens (tertiary/aromatic N) is 1. The van der Waals surface area contributed by atoms with E-state index in [1.165, 1.54) is 6.07 Å². The molecule has 3 N–H and O–H groups in total. The summed E-state index contributed by atoms with van der Waals surface area (Å²) in [6.07, 6.45) is 8.34. The number of methoxy groups -OCH3 is 1. The molecule has 0 aliphatic carbocycles. The lowest BCUT2D eigenvalue weighted by molar-refractivity contribution is -0.121. The van der Waals surface area contributed by atoms with Gasteiger partial charge in [0, 0.05) is 55.6 Å². The number of aromatic hydroxyl groups is 2. The molecule has 2 heterocycles. The number of ketones is 1. The standard InChI is InChI=1S/C35H40N2O7/c1-23-9-8-13-27(38)12-5-3-4-10-25-21-30(39)33(34(41)32(25)35(42)44-23)29(24-14-16-28(43-2)17-15-24)22-31(40)37-20-18-26-11-6-7-19-36-26/h4,6-7,10-11,14-17,19,21,23,29,39,41H,3,5,8-9,12-13,18,20,22H2,1-2H3,(H,37,40)/t23-,29?/m0/s1. The molecule has 3 aromatic rings. The number of esters is 1. The van der Waals surface area contributed by atoms with Gasteiger partial charge in [-0.2, -0.15) is 0 Å². The van der Waals surface area contributed by atoms with Crippen LogP contribution in [0.15, 0.2) is 60.8 Å². The van der Waals surface area contributed by atoms with Crippen molar-refractivity contribution in [3.8, 4) is 17.2 Å². The Bertz CT molecular complexity index is 1470. The van der Waals surface area contributed by atoms with Crippen LogP contribution in [-0.4, -0.2) is 52.6 Å². The number of carbonyl (C=O) groups excluding carboxylic acids is 3. The summed E-state index contributed by atoms with van der Waals surface area (Å²) in [6, 6.07) is 14.0. The number of amides is 1. The van der Waals surface area contributed by atoms with Crippen molar-refractivity contribution in [3.05, 3.63) is 88.8 Å². The molecule has 0 radical (unpaired) electrons. The van der Waals surface area contributed by atoms with Gasteiger partial charge >= 0.3 is 5.97 Å². The van der Waals surface area contributed by atoms with E-state index in [0.717, 1.165) is 5.69 Å². The summed E-state index contributed by atoms with van der Waals surface area (Å²) in [5.74, 6) is -1.75. The van der Waals surface area contributed by atoms with E-state index in [-0.39, 0.29) is 40.6 Å². The van der Waals surface area contributed by atoms with E-state index in [9.17, 15) is 24.6 Å². The van der Waals surface area contributed by atoms with Gasteiger partial charge in [-0.15, -0.1) is 0 Å². The molecule has 0 fully saturated rings. The summed E-state index contributed by atoms with van der Waals surface area (Å²) in [7, 11) is 1.55. The quantitative estimate of drug-likeness (QED) is 0.274. The molecule has 1 aliphatic heterocycles. The highest BCUT2D eigenvalue weighted by atomic mass is 16.5. The fourth-order valence-electron chi connectivity index (χ4n) is 5.38. The van der Waals surface area contributed by atoms with Gasteiger partial charge in [-0.1, -0.05) is 30.4 Å². The zero-order valence-corrected chi connectivity index (χ0v) is 25.3. The van der Waals surface area contributed by atoms with Gasteiger partial charge in [0.05, 0.1) is 13.2 Å². The van der Waals surface area contributed by atoms with Crippen molar-refractivity contribution in [3.63, 3.8) is 0 Å². The Balaban J connectivity index is 1.70. The summed E-state index contributed by atoms with van der Waals surface area (Å²) in [4.78, 5) is 43.1. The minimum atomic E-state index is -0.797. The van der Waals surface area contributed by atoms with Crippen molar-refractivity contribution in [2.75, 3.05) is 13.7 Å². The van der Waals surface area contributed by atoms with Crippen LogP contribution >= 0.6 is 0 Å². The number of carbonyl (C=O) groups is 3. The molecule has 2 atom stereocenters. The van der Waals surface area contributed by atoms with Crippen LogP contribution in [0.1, 0.15) is 90.5 Å². The molecule has 1 amide bonds. The second-order valence-corrected chi connectivity index (χ2v) is 11.0. The van der Waals surface area contributed by atoms with Gasteiger partial charge in [0.25, 0.3) is 0 Å². The van der Waals surface area contributed by atoms with Crippen LogP contribution in [0.4, 0.5) is 0 Å². The SMILES string of the molecule is COc1ccc(C(CC(=O)NCCc2ccccn2)c2c(O)cc3c(c2O)C(=O)O[C@@H](C)CCCC(=O)CCCC=C3)cc1. The summed E-state index contributed by atoms with van der Waals surface area (Å²) >= 11 is 0. The zero-order chi connectivity index (χ0) is 31.5.